The molecule has 0 spiro atoms. The standard InChI is InChI=1S/C11H16ClNO2/c1-3-4-5-6-7-13-10(14)8(2)9(12)11(13)15/h3-7H2,1-2H3. The molecule has 84 valence electrons. The van der Waals surface area contributed by atoms with Crippen LogP contribution in [0.4, 0.5) is 0 Å². The van der Waals surface area contributed by atoms with Crippen molar-refractivity contribution in [2.45, 2.75) is 39.5 Å². The van der Waals surface area contributed by atoms with Crippen molar-refractivity contribution in [3.05, 3.63) is 10.6 Å². The van der Waals surface area contributed by atoms with E-state index in [9.17, 15) is 9.59 Å². The Kier molecular flexibility index (Phi) is 4.33. The Morgan fingerprint density at radius 1 is 1.13 bits per heavy atom. The lowest BCUT2D eigenvalue weighted by atomic mass is 10.2. The molecule has 0 bridgehead atoms. The molecule has 0 saturated heterocycles. The van der Waals surface area contributed by atoms with Gasteiger partial charge in [-0.05, 0) is 13.3 Å². The molecule has 0 aromatic carbocycles. The van der Waals surface area contributed by atoms with Gasteiger partial charge in [0.05, 0.1) is 0 Å². The molecule has 3 nitrogen and oxygen atoms in total. The molecule has 15 heavy (non-hydrogen) atoms. The molecule has 0 unspecified atom stereocenters. The number of halogens is 1. The number of rotatable bonds is 5. The summed E-state index contributed by atoms with van der Waals surface area (Å²) >= 11 is 5.71. The van der Waals surface area contributed by atoms with Crippen LogP contribution >= 0.6 is 11.6 Å². The Hall–Kier alpha value is -0.830. The minimum absolute atomic E-state index is 0.0792. The van der Waals surface area contributed by atoms with Crippen molar-refractivity contribution in [3.63, 3.8) is 0 Å². The van der Waals surface area contributed by atoms with Crippen LogP contribution in [0, 0.1) is 0 Å². The number of nitrogens with zero attached hydrogens (tertiary/aromatic N) is 1. The average molecular weight is 230 g/mol. The van der Waals surface area contributed by atoms with E-state index in [1.807, 2.05) is 0 Å². The number of carbonyl (C=O) groups excluding carboxylic acids is 2. The smallest absolute Gasteiger partial charge is 0.272 e. The van der Waals surface area contributed by atoms with Crippen LogP contribution in [0.5, 0.6) is 0 Å². The fraction of sp³-hybridized carbons (Fsp3) is 0.636. The second-order valence-electron chi connectivity index (χ2n) is 3.76. The lowest BCUT2D eigenvalue weighted by Crippen LogP contribution is -2.32. The maximum atomic E-state index is 11.6. The largest absolute Gasteiger partial charge is 0.274 e. The van der Waals surface area contributed by atoms with E-state index < -0.39 is 0 Å². The van der Waals surface area contributed by atoms with Crippen molar-refractivity contribution in [2.75, 3.05) is 6.54 Å². The van der Waals surface area contributed by atoms with Gasteiger partial charge in [0, 0.05) is 12.1 Å². The van der Waals surface area contributed by atoms with Crippen LogP contribution in [0.25, 0.3) is 0 Å². The minimum atomic E-state index is -0.337. The summed E-state index contributed by atoms with van der Waals surface area (Å²) < 4.78 is 0. The number of imide groups is 1. The molecule has 0 saturated carbocycles. The van der Waals surface area contributed by atoms with Crippen molar-refractivity contribution < 1.29 is 9.59 Å². The molecule has 0 aromatic heterocycles. The SMILES string of the molecule is CCCCCCN1C(=O)C(C)=C(Cl)C1=O. The van der Waals surface area contributed by atoms with Crippen LogP contribution in [0.1, 0.15) is 39.5 Å². The van der Waals surface area contributed by atoms with Gasteiger partial charge in [-0.25, -0.2) is 0 Å². The van der Waals surface area contributed by atoms with E-state index in [4.69, 9.17) is 11.6 Å². The first-order chi connectivity index (χ1) is 7.09. The predicted octanol–water partition coefficient (Wildman–Crippen LogP) is 2.45. The third kappa shape index (κ3) is 2.59. The van der Waals surface area contributed by atoms with Gasteiger partial charge in [0.2, 0.25) is 0 Å². The number of carbonyl (C=O) groups is 2. The van der Waals surface area contributed by atoms with E-state index in [-0.39, 0.29) is 16.8 Å². The van der Waals surface area contributed by atoms with E-state index in [0.29, 0.717) is 12.1 Å². The molecular formula is C11H16ClNO2. The summed E-state index contributed by atoms with van der Waals surface area (Å²) in [6, 6.07) is 0. The number of amides is 2. The van der Waals surface area contributed by atoms with Gasteiger partial charge in [-0.1, -0.05) is 37.8 Å². The van der Waals surface area contributed by atoms with E-state index in [2.05, 4.69) is 6.92 Å². The van der Waals surface area contributed by atoms with Crippen molar-refractivity contribution in [1.82, 2.24) is 4.90 Å². The van der Waals surface area contributed by atoms with Crippen molar-refractivity contribution in [2.24, 2.45) is 0 Å². The number of hydrogen-bond acceptors (Lipinski definition) is 2. The predicted molar refractivity (Wildman–Crippen MR) is 59.4 cm³/mol. The normalized spacial score (nSPS) is 16.9. The molecule has 1 aliphatic rings. The molecule has 4 heteroatoms. The molecule has 1 heterocycles. The summed E-state index contributed by atoms with van der Waals surface area (Å²) in [5.74, 6) is -0.572. The first kappa shape index (κ1) is 12.2. The molecule has 0 radical (unpaired) electrons. The highest BCUT2D eigenvalue weighted by molar-refractivity contribution is 6.47. The van der Waals surface area contributed by atoms with Crippen molar-refractivity contribution in [1.29, 1.82) is 0 Å². The van der Waals surface area contributed by atoms with Gasteiger partial charge in [0.15, 0.2) is 0 Å². The fourth-order valence-corrected chi connectivity index (χ4v) is 1.75. The highest BCUT2D eigenvalue weighted by atomic mass is 35.5. The number of unbranched alkanes of at least 4 members (excludes halogenated alkanes) is 3. The lowest BCUT2D eigenvalue weighted by molar-refractivity contribution is -0.137. The van der Waals surface area contributed by atoms with Crippen LogP contribution < -0.4 is 0 Å². The van der Waals surface area contributed by atoms with Gasteiger partial charge in [-0.2, -0.15) is 0 Å². The van der Waals surface area contributed by atoms with Gasteiger partial charge in [0.1, 0.15) is 5.03 Å². The van der Waals surface area contributed by atoms with Gasteiger partial charge >= 0.3 is 0 Å². The van der Waals surface area contributed by atoms with E-state index in [0.717, 1.165) is 25.7 Å². The van der Waals surface area contributed by atoms with E-state index >= 15 is 0 Å². The highest BCUT2D eigenvalue weighted by Gasteiger charge is 2.34. The molecule has 0 aromatic rings. The van der Waals surface area contributed by atoms with Crippen LogP contribution in [-0.2, 0) is 9.59 Å². The van der Waals surface area contributed by atoms with Crippen LogP contribution in [-0.4, -0.2) is 23.3 Å². The maximum absolute atomic E-state index is 11.6. The second kappa shape index (κ2) is 5.31. The Morgan fingerprint density at radius 3 is 2.27 bits per heavy atom. The van der Waals surface area contributed by atoms with Gasteiger partial charge in [-0.15, -0.1) is 0 Å². The first-order valence-corrected chi connectivity index (χ1v) is 5.70. The van der Waals surface area contributed by atoms with Gasteiger partial charge in [0.25, 0.3) is 11.8 Å². The molecular weight excluding hydrogens is 214 g/mol. The number of hydrogen-bond donors (Lipinski definition) is 0. The van der Waals surface area contributed by atoms with Gasteiger partial charge < -0.3 is 0 Å². The first-order valence-electron chi connectivity index (χ1n) is 5.32. The van der Waals surface area contributed by atoms with Crippen LogP contribution in [0.3, 0.4) is 0 Å². The maximum Gasteiger partial charge on any atom is 0.272 e. The molecule has 0 N–H and O–H groups in total. The molecule has 0 aliphatic carbocycles. The van der Waals surface area contributed by atoms with Crippen LogP contribution in [0.15, 0.2) is 10.6 Å². The summed E-state index contributed by atoms with van der Waals surface area (Å²) in [5.41, 5.74) is 0.372. The average Bonchev–Trinajstić information content (AvgIpc) is 2.41. The minimum Gasteiger partial charge on any atom is -0.274 e. The molecule has 0 fully saturated rings. The molecule has 0 atom stereocenters. The highest BCUT2D eigenvalue weighted by Crippen LogP contribution is 2.23. The zero-order chi connectivity index (χ0) is 11.4. The Balaban J connectivity index is 2.46. The monoisotopic (exact) mass is 229 g/mol. The quantitative estimate of drug-likeness (QED) is 0.537. The summed E-state index contributed by atoms with van der Waals surface area (Å²) in [5, 5.41) is 0.0792. The van der Waals surface area contributed by atoms with E-state index in [1.54, 1.807) is 6.92 Å². The van der Waals surface area contributed by atoms with Gasteiger partial charge in [-0.3, -0.25) is 14.5 Å². The Morgan fingerprint density at radius 2 is 1.80 bits per heavy atom. The van der Waals surface area contributed by atoms with E-state index in [1.165, 1.54) is 4.90 Å². The Bertz CT molecular complexity index is 286. The summed E-state index contributed by atoms with van der Waals surface area (Å²) in [7, 11) is 0. The second-order valence-corrected chi connectivity index (χ2v) is 4.14. The third-order valence-corrected chi connectivity index (χ3v) is 3.01. The topological polar surface area (TPSA) is 37.4 Å². The molecule has 1 rings (SSSR count). The molecule has 1 aliphatic heterocycles. The summed E-state index contributed by atoms with van der Waals surface area (Å²) in [6.45, 7) is 4.20. The van der Waals surface area contributed by atoms with Crippen molar-refractivity contribution in [3.8, 4) is 0 Å². The third-order valence-electron chi connectivity index (χ3n) is 2.56. The van der Waals surface area contributed by atoms with Crippen molar-refractivity contribution >= 4 is 23.4 Å². The summed E-state index contributed by atoms with van der Waals surface area (Å²) in [4.78, 5) is 24.3. The fourth-order valence-electron chi connectivity index (χ4n) is 1.57. The zero-order valence-electron chi connectivity index (χ0n) is 9.18. The summed E-state index contributed by atoms with van der Waals surface area (Å²) in [6.07, 6.45) is 4.18. The Labute approximate surface area is 95.1 Å². The zero-order valence-corrected chi connectivity index (χ0v) is 9.93. The van der Waals surface area contributed by atoms with Crippen LogP contribution in [0.2, 0.25) is 0 Å². The molecule has 2 amide bonds. The lowest BCUT2D eigenvalue weighted by Gasteiger charge is -2.13.